The number of ether oxygens (including phenoxy) is 2. The Morgan fingerprint density at radius 2 is 2.04 bits per heavy atom. The van der Waals surface area contributed by atoms with Crippen LogP contribution in [0.3, 0.4) is 0 Å². The monoisotopic (exact) mass is 364 g/mol. The van der Waals surface area contributed by atoms with Crippen molar-refractivity contribution in [3.63, 3.8) is 0 Å². The molecule has 1 amide bonds. The highest BCUT2D eigenvalue weighted by molar-refractivity contribution is 5.91. The summed E-state index contributed by atoms with van der Waals surface area (Å²) in [5.41, 5.74) is 0.582. The lowest BCUT2D eigenvalue weighted by atomic mass is 10.0. The second kappa shape index (κ2) is 6.68. The van der Waals surface area contributed by atoms with Gasteiger partial charge in [-0.25, -0.2) is 9.59 Å². The summed E-state index contributed by atoms with van der Waals surface area (Å²) in [7, 11) is 0. The molecule has 1 aromatic carbocycles. The fourth-order valence-electron chi connectivity index (χ4n) is 3.27. The van der Waals surface area contributed by atoms with E-state index in [1.54, 1.807) is 11.0 Å². The minimum absolute atomic E-state index is 0.0390. The Balaban J connectivity index is 1.80. The lowest BCUT2D eigenvalue weighted by molar-refractivity contribution is 0.0194. The molecule has 2 aliphatic rings. The number of benzene rings is 1. The van der Waals surface area contributed by atoms with Crippen LogP contribution in [-0.4, -0.2) is 65.1 Å². The first-order valence-electron chi connectivity index (χ1n) is 8.58. The van der Waals surface area contributed by atoms with E-state index in [0.717, 1.165) is 5.69 Å². The Labute approximate surface area is 151 Å². The third kappa shape index (κ3) is 3.55. The molecule has 2 heterocycles. The van der Waals surface area contributed by atoms with Gasteiger partial charge in [-0.2, -0.15) is 0 Å². The fourth-order valence-corrected chi connectivity index (χ4v) is 3.27. The number of amides is 1. The number of piperazine rings is 1. The van der Waals surface area contributed by atoms with Crippen LogP contribution in [0.1, 0.15) is 36.7 Å². The second-order valence-electron chi connectivity index (χ2n) is 7.52. The Kier molecular flexibility index (Phi) is 4.70. The number of rotatable bonds is 2. The smallest absolute Gasteiger partial charge is 0.410 e. The molecule has 2 aliphatic heterocycles. The summed E-state index contributed by atoms with van der Waals surface area (Å²) in [6.45, 7) is 7.02. The number of aliphatic hydroxyl groups excluding tert-OH is 1. The van der Waals surface area contributed by atoms with Gasteiger partial charge in [-0.3, -0.25) is 0 Å². The van der Waals surface area contributed by atoms with E-state index in [0.29, 0.717) is 37.6 Å². The number of carboxylic acids is 1. The van der Waals surface area contributed by atoms with Gasteiger partial charge in [0, 0.05) is 19.6 Å². The van der Waals surface area contributed by atoms with Gasteiger partial charge in [0.2, 0.25) is 0 Å². The Hall–Kier alpha value is -2.48. The van der Waals surface area contributed by atoms with Gasteiger partial charge in [-0.1, -0.05) is 0 Å². The second-order valence-corrected chi connectivity index (χ2v) is 7.52. The molecule has 1 aromatic rings. The topological polar surface area (TPSA) is 99.5 Å². The van der Waals surface area contributed by atoms with Gasteiger partial charge in [0.25, 0.3) is 0 Å². The number of carbonyl (C=O) groups is 2. The van der Waals surface area contributed by atoms with E-state index < -0.39 is 11.6 Å². The Morgan fingerprint density at radius 3 is 2.65 bits per heavy atom. The van der Waals surface area contributed by atoms with Crippen LogP contribution in [0.15, 0.2) is 12.1 Å². The SMILES string of the molecule is CC(C)(C)OC(=O)N1CCN2c3cc(CO)c(C(=O)O)cc3OC[C@@H]2C1. The molecule has 0 aromatic heterocycles. The summed E-state index contributed by atoms with van der Waals surface area (Å²) in [5, 5.41) is 18.8. The molecule has 142 valence electrons. The molecule has 26 heavy (non-hydrogen) atoms. The van der Waals surface area contributed by atoms with Crippen LogP contribution in [0.4, 0.5) is 10.5 Å². The van der Waals surface area contributed by atoms with Crippen molar-refractivity contribution in [2.75, 3.05) is 31.1 Å². The molecule has 0 spiro atoms. The van der Waals surface area contributed by atoms with Crippen molar-refractivity contribution in [1.82, 2.24) is 4.90 Å². The fraction of sp³-hybridized carbons (Fsp3) is 0.556. The van der Waals surface area contributed by atoms with Crippen molar-refractivity contribution < 1.29 is 29.3 Å². The third-order valence-corrected chi connectivity index (χ3v) is 4.46. The maximum Gasteiger partial charge on any atom is 0.410 e. The van der Waals surface area contributed by atoms with Crippen molar-refractivity contribution in [3.8, 4) is 5.75 Å². The third-order valence-electron chi connectivity index (χ3n) is 4.46. The molecule has 1 fully saturated rings. The van der Waals surface area contributed by atoms with Gasteiger partial charge in [0.1, 0.15) is 18.0 Å². The molecular weight excluding hydrogens is 340 g/mol. The minimum Gasteiger partial charge on any atom is -0.489 e. The molecule has 0 bridgehead atoms. The number of fused-ring (bicyclic) bond motifs is 3. The van der Waals surface area contributed by atoms with Crippen LogP contribution in [-0.2, 0) is 11.3 Å². The molecule has 0 radical (unpaired) electrons. The molecule has 0 unspecified atom stereocenters. The summed E-state index contributed by atoms with van der Waals surface area (Å²) in [6.07, 6.45) is -0.347. The molecule has 0 saturated carbocycles. The summed E-state index contributed by atoms with van der Waals surface area (Å²) in [5.74, 6) is -0.612. The van der Waals surface area contributed by atoms with E-state index in [-0.39, 0.29) is 24.3 Å². The van der Waals surface area contributed by atoms with Crippen LogP contribution < -0.4 is 9.64 Å². The largest absolute Gasteiger partial charge is 0.489 e. The molecule has 3 rings (SSSR count). The highest BCUT2D eigenvalue weighted by atomic mass is 16.6. The van der Waals surface area contributed by atoms with E-state index in [4.69, 9.17) is 9.47 Å². The summed E-state index contributed by atoms with van der Waals surface area (Å²) in [4.78, 5) is 27.4. The quantitative estimate of drug-likeness (QED) is 0.824. The molecule has 1 saturated heterocycles. The van der Waals surface area contributed by atoms with E-state index in [1.807, 2.05) is 20.8 Å². The first-order chi connectivity index (χ1) is 12.2. The van der Waals surface area contributed by atoms with Gasteiger partial charge in [-0.15, -0.1) is 0 Å². The van der Waals surface area contributed by atoms with E-state index in [9.17, 15) is 19.8 Å². The molecular formula is C18H24N2O6. The standard InChI is InChI=1S/C18H24N2O6/c1-18(2,3)26-17(24)19-4-5-20-12(8-19)10-25-15-7-13(16(22)23)11(9-21)6-14(15)20/h6-7,12,21H,4-5,8-10H2,1-3H3,(H,22,23)/t12-/m0/s1. The van der Waals surface area contributed by atoms with Gasteiger partial charge >= 0.3 is 12.1 Å². The van der Waals surface area contributed by atoms with Crippen molar-refractivity contribution in [2.24, 2.45) is 0 Å². The maximum atomic E-state index is 12.3. The van der Waals surface area contributed by atoms with Crippen molar-refractivity contribution in [2.45, 2.75) is 39.0 Å². The zero-order valence-electron chi connectivity index (χ0n) is 15.2. The number of aliphatic hydroxyl groups is 1. The number of carboxylic acid groups (broad SMARTS) is 1. The van der Waals surface area contributed by atoms with Crippen LogP contribution in [0, 0.1) is 0 Å². The first kappa shape index (κ1) is 18.3. The average molecular weight is 364 g/mol. The number of anilines is 1. The van der Waals surface area contributed by atoms with Gasteiger partial charge in [-0.05, 0) is 38.5 Å². The summed E-state index contributed by atoms with van der Waals surface area (Å²) < 4.78 is 11.2. The van der Waals surface area contributed by atoms with E-state index in [2.05, 4.69) is 4.90 Å². The number of hydrogen-bond donors (Lipinski definition) is 2. The Bertz CT molecular complexity index is 727. The van der Waals surface area contributed by atoms with Crippen LogP contribution in [0.25, 0.3) is 0 Å². The molecule has 8 heteroatoms. The number of carbonyl (C=O) groups excluding carboxylic acids is 1. The predicted octanol–water partition coefficient (Wildman–Crippen LogP) is 1.70. The number of nitrogens with zero attached hydrogens (tertiary/aromatic N) is 2. The molecule has 2 N–H and O–H groups in total. The minimum atomic E-state index is -1.10. The Morgan fingerprint density at radius 1 is 1.31 bits per heavy atom. The van der Waals surface area contributed by atoms with E-state index in [1.165, 1.54) is 6.07 Å². The lowest BCUT2D eigenvalue weighted by Gasteiger charge is -2.45. The zero-order valence-corrected chi connectivity index (χ0v) is 15.2. The molecule has 1 atom stereocenters. The van der Waals surface area contributed by atoms with Crippen molar-refractivity contribution >= 4 is 17.7 Å². The highest BCUT2D eigenvalue weighted by Gasteiger charge is 2.36. The van der Waals surface area contributed by atoms with Gasteiger partial charge in [0.05, 0.1) is 23.9 Å². The molecule has 8 nitrogen and oxygen atoms in total. The van der Waals surface area contributed by atoms with Crippen molar-refractivity contribution in [3.05, 3.63) is 23.3 Å². The van der Waals surface area contributed by atoms with Gasteiger partial charge in [0.15, 0.2) is 0 Å². The highest BCUT2D eigenvalue weighted by Crippen LogP contribution is 2.38. The summed E-state index contributed by atoms with van der Waals surface area (Å²) in [6, 6.07) is 3.07. The average Bonchev–Trinajstić information content (AvgIpc) is 2.58. The van der Waals surface area contributed by atoms with Crippen molar-refractivity contribution in [1.29, 1.82) is 0 Å². The van der Waals surface area contributed by atoms with Crippen LogP contribution in [0.2, 0.25) is 0 Å². The van der Waals surface area contributed by atoms with Gasteiger partial charge < -0.3 is 29.5 Å². The summed E-state index contributed by atoms with van der Waals surface area (Å²) >= 11 is 0. The van der Waals surface area contributed by atoms with Crippen LogP contribution >= 0.6 is 0 Å². The number of aromatic carboxylic acids is 1. The van der Waals surface area contributed by atoms with Crippen LogP contribution in [0.5, 0.6) is 5.75 Å². The first-order valence-corrected chi connectivity index (χ1v) is 8.58. The maximum absolute atomic E-state index is 12.3. The van der Waals surface area contributed by atoms with E-state index >= 15 is 0 Å². The normalized spacial score (nSPS) is 19.3. The zero-order chi connectivity index (χ0) is 19.1. The molecule has 0 aliphatic carbocycles. The number of hydrogen-bond acceptors (Lipinski definition) is 6. The lowest BCUT2D eigenvalue weighted by Crippen LogP contribution is -2.59. The predicted molar refractivity (Wildman–Crippen MR) is 93.8 cm³/mol.